The van der Waals surface area contributed by atoms with Gasteiger partial charge in [-0.2, -0.15) is 13.2 Å². The Morgan fingerprint density at radius 1 is 1.18 bits per heavy atom. The van der Waals surface area contributed by atoms with Crippen LogP contribution in [0.15, 0.2) is 24.3 Å². The molecule has 0 saturated carbocycles. The number of hydrogen-bond donors (Lipinski definition) is 0. The first-order chi connectivity index (χ1) is 10.1. The van der Waals surface area contributed by atoms with E-state index in [9.17, 15) is 21.6 Å². The molecule has 1 fully saturated rings. The molecule has 0 bridgehead atoms. The van der Waals surface area contributed by atoms with E-state index < -0.39 is 22.8 Å². The van der Waals surface area contributed by atoms with Crippen LogP contribution in [0.3, 0.4) is 0 Å². The van der Waals surface area contributed by atoms with Gasteiger partial charge in [-0.05, 0) is 36.5 Å². The number of alkyl halides is 3. The largest absolute Gasteiger partial charge is 0.484 e. The van der Waals surface area contributed by atoms with Crippen molar-refractivity contribution in [1.29, 1.82) is 0 Å². The molecule has 1 aromatic carbocycles. The van der Waals surface area contributed by atoms with Crippen molar-refractivity contribution in [3.8, 4) is 5.75 Å². The molecule has 1 saturated heterocycles. The fourth-order valence-electron chi connectivity index (χ4n) is 2.52. The first-order valence-corrected chi connectivity index (χ1v) is 8.74. The van der Waals surface area contributed by atoms with Crippen molar-refractivity contribution in [3.05, 3.63) is 29.8 Å². The SMILES string of the molecule is CS(=O)(=O)N1CCC(c2ccc(OCC(F)(F)F)cc2)CC1. The summed E-state index contributed by atoms with van der Waals surface area (Å²) in [5.74, 6) is 0.393. The predicted molar refractivity (Wildman–Crippen MR) is 76.4 cm³/mol. The van der Waals surface area contributed by atoms with Crippen molar-refractivity contribution in [2.24, 2.45) is 0 Å². The summed E-state index contributed by atoms with van der Waals surface area (Å²) < 4.78 is 65.2. The second-order valence-electron chi connectivity index (χ2n) is 5.41. The maximum absolute atomic E-state index is 12.1. The van der Waals surface area contributed by atoms with E-state index in [0.717, 1.165) is 5.56 Å². The molecule has 1 aliphatic rings. The lowest BCUT2D eigenvalue weighted by Gasteiger charge is -2.30. The van der Waals surface area contributed by atoms with Gasteiger partial charge in [-0.3, -0.25) is 0 Å². The lowest BCUT2D eigenvalue weighted by Crippen LogP contribution is -2.37. The lowest BCUT2D eigenvalue weighted by atomic mass is 9.90. The zero-order valence-electron chi connectivity index (χ0n) is 12.1. The zero-order valence-corrected chi connectivity index (χ0v) is 13.0. The van der Waals surface area contributed by atoms with Crippen LogP contribution >= 0.6 is 0 Å². The van der Waals surface area contributed by atoms with Crippen LogP contribution in [0.25, 0.3) is 0 Å². The lowest BCUT2D eigenvalue weighted by molar-refractivity contribution is -0.153. The molecular formula is C14H18F3NO3S. The summed E-state index contributed by atoms with van der Waals surface area (Å²) in [6.07, 6.45) is -1.75. The first-order valence-electron chi connectivity index (χ1n) is 6.90. The topological polar surface area (TPSA) is 46.6 Å². The van der Waals surface area contributed by atoms with Crippen LogP contribution in [0.2, 0.25) is 0 Å². The van der Waals surface area contributed by atoms with Crippen LogP contribution in [0.4, 0.5) is 13.2 Å². The van der Waals surface area contributed by atoms with Crippen molar-refractivity contribution in [2.45, 2.75) is 24.9 Å². The zero-order chi connectivity index (χ0) is 16.4. The highest BCUT2D eigenvalue weighted by molar-refractivity contribution is 7.88. The normalized spacial score (nSPS) is 18.4. The molecule has 0 aliphatic carbocycles. The van der Waals surface area contributed by atoms with Gasteiger partial charge in [0.25, 0.3) is 0 Å². The summed E-state index contributed by atoms with van der Waals surface area (Å²) in [5, 5.41) is 0. The van der Waals surface area contributed by atoms with Gasteiger partial charge in [0.15, 0.2) is 6.61 Å². The number of piperidine rings is 1. The molecule has 1 aliphatic heterocycles. The van der Waals surface area contributed by atoms with Crippen molar-refractivity contribution >= 4 is 10.0 Å². The Labute approximate surface area is 127 Å². The molecule has 0 aromatic heterocycles. The minimum Gasteiger partial charge on any atom is -0.484 e. The van der Waals surface area contributed by atoms with Crippen LogP contribution in [0.5, 0.6) is 5.75 Å². The Bertz CT molecular complexity index is 591. The van der Waals surface area contributed by atoms with Crippen LogP contribution in [0.1, 0.15) is 24.3 Å². The van der Waals surface area contributed by atoms with Gasteiger partial charge < -0.3 is 4.74 Å². The van der Waals surface area contributed by atoms with Crippen molar-refractivity contribution < 1.29 is 26.3 Å². The Balaban J connectivity index is 1.92. The molecule has 4 nitrogen and oxygen atoms in total. The van der Waals surface area contributed by atoms with E-state index in [1.165, 1.54) is 22.7 Å². The third-order valence-corrected chi connectivity index (χ3v) is 4.98. The van der Waals surface area contributed by atoms with E-state index in [4.69, 9.17) is 0 Å². The first kappa shape index (κ1) is 17.1. The number of benzene rings is 1. The number of hydrogen-bond acceptors (Lipinski definition) is 3. The number of nitrogens with zero attached hydrogens (tertiary/aromatic N) is 1. The van der Waals surface area contributed by atoms with Gasteiger partial charge in [-0.15, -0.1) is 0 Å². The summed E-state index contributed by atoms with van der Waals surface area (Å²) in [5.41, 5.74) is 0.993. The quantitative estimate of drug-likeness (QED) is 0.849. The van der Waals surface area contributed by atoms with Gasteiger partial charge in [0, 0.05) is 13.1 Å². The van der Waals surface area contributed by atoms with Crippen molar-refractivity contribution in [2.75, 3.05) is 26.0 Å². The highest BCUT2D eigenvalue weighted by Crippen LogP contribution is 2.30. The number of sulfonamides is 1. The van der Waals surface area contributed by atoms with E-state index in [2.05, 4.69) is 4.74 Å². The van der Waals surface area contributed by atoms with Crippen LogP contribution in [0, 0.1) is 0 Å². The third kappa shape index (κ3) is 4.88. The van der Waals surface area contributed by atoms with Crippen molar-refractivity contribution in [3.63, 3.8) is 0 Å². The summed E-state index contributed by atoms with van der Waals surface area (Å²) in [6.45, 7) is -0.370. The summed E-state index contributed by atoms with van der Waals surface area (Å²) in [7, 11) is -3.15. The molecule has 0 amide bonds. The van der Waals surface area contributed by atoms with Gasteiger partial charge in [-0.25, -0.2) is 12.7 Å². The number of rotatable bonds is 4. The minimum absolute atomic E-state index is 0.176. The molecule has 0 atom stereocenters. The molecule has 1 heterocycles. The molecule has 8 heteroatoms. The van der Waals surface area contributed by atoms with E-state index in [1.54, 1.807) is 12.1 Å². The van der Waals surface area contributed by atoms with Gasteiger partial charge in [0.1, 0.15) is 5.75 Å². The predicted octanol–water partition coefficient (Wildman–Crippen LogP) is 2.77. The molecule has 0 radical (unpaired) electrons. The molecule has 22 heavy (non-hydrogen) atoms. The maximum atomic E-state index is 12.1. The van der Waals surface area contributed by atoms with Crippen LogP contribution in [-0.2, 0) is 10.0 Å². The van der Waals surface area contributed by atoms with E-state index in [-0.39, 0.29) is 11.7 Å². The molecule has 0 spiro atoms. The van der Waals surface area contributed by atoms with E-state index >= 15 is 0 Å². The van der Waals surface area contributed by atoms with Crippen molar-refractivity contribution in [1.82, 2.24) is 4.31 Å². The Morgan fingerprint density at radius 2 is 1.73 bits per heavy atom. The van der Waals surface area contributed by atoms with Gasteiger partial charge in [0.2, 0.25) is 10.0 Å². The van der Waals surface area contributed by atoms with Gasteiger partial charge in [-0.1, -0.05) is 12.1 Å². The summed E-state index contributed by atoms with van der Waals surface area (Å²) in [6, 6.07) is 6.52. The smallest absolute Gasteiger partial charge is 0.422 e. The average molecular weight is 337 g/mol. The molecule has 0 unspecified atom stereocenters. The number of ether oxygens (including phenoxy) is 1. The molecule has 1 aromatic rings. The van der Waals surface area contributed by atoms with Crippen LogP contribution < -0.4 is 4.74 Å². The minimum atomic E-state index is -4.35. The fraction of sp³-hybridized carbons (Fsp3) is 0.571. The summed E-state index contributed by atoms with van der Waals surface area (Å²) >= 11 is 0. The fourth-order valence-corrected chi connectivity index (χ4v) is 3.40. The third-order valence-electron chi connectivity index (χ3n) is 3.68. The second kappa shape index (κ2) is 6.45. The highest BCUT2D eigenvalue weighted by atomic mass is 32.2. The second-order valence-corrected chi connectivity index (χ2v) is 7.39. The molecule has 0 N–H and O–H groups in total. The van der Waals surface area contributed by atoms with Gasteiger partial charge >= 0.3 is 6.18 Å². The average Bonchev–Trinajstić information content (AvgIpc) is 2.44. The summed E-state index contributed by atoms with van der Waals surface area (Å²) in [4.78, 5) is 0. The Morgan fingerprint density at radius 3 is 2.18 bits per heavy atom. The van der Waals surface area contributed by atoms with E-state index in [1.807, 2.05) is 0 Å². The van der Waals surface area contributed by atoms with Crippen LogP contribution in [-0.4, -0.2) is 44.9 Å². The molecule has 124 valence electrons. The maximum Gasteiger partial charge on any atom is 0.422 e. The Kier molecular flexibility index (Phi) is 5.01. The molecule has 2 rings (SSSR count). The highest BCUT2D eigenvalue weighted by Gasteiger charge is 2.28. The molecular weight excluding hydrogens is 319 g/mol. The Hall–Kier alpha value is -1.28. The van der Waals surface area contributed by atoms with E-state index in [0.29, 0.717) is 25.9 Å². The monoisotopic (exact) mass is 337 g/mol. The standard InChI is InChI=1S/C14H18F3NO3S/c1-22(19,20)18-8-6-12(7-9-18)11-2-4-13(5-3-11)21-10-14(15,16)17/h2-5,12H,6-10H2,1H3. The number of halogens is 3. The van der Waals surface area contributed by atoms with Gasteiger partial charge in [0.05, 0.1) is 6.26 Å².